The van der Waals surface area contributed by atoms with Gasteiger partial charge < -0.3 is 15.8 Å². The third kappa shape index (κ3) is 4.46. The van der Waals surface area contributed by atoms with Gasteiger partial charge in [0.2, 0.25) is 5.91 Å². The molecule has 2 rings (SSSR count). The number of nitrogens with one attached hydrogen (secondary N) is 1. The molecular formula is C15H28N2O2. The molecular weight excluding hydrogens is 240 g/mol. The van der Waals surface area contributed by atoms with E-state index in [4.69, 9.17) is 10.5 Å². The molecule has 110 valence electrons. The van der Waals surface area contributed by atoms with E-state index in [2.05, 4.69) is 12.2 Å². The van der Waals surface area contributed by atoms with Gasteiger partial charge in [0.15, 0.2) is 0 Å². The van der Waals surface area contributed by atoms with Crippen molar-refractivity contribution in [1.82, 2.24) is 5.32 Å². The summed E-state index contributed by atoms with van der Waals surface area (Å²) in [5, 5.41) is 3.36. The summed E-state index contributed by atoms with van der Waals surface area (Å²) in [6, 6.07) is 0.479. The van der Waals surface area contributed by atoms with Gasteiger partial charge in [0, 0.05) is 12.6 Å². The molecule has 19 heavy (non-hydrogen) atoms. The minimum absolute atomic E-state index is 0.264. The second-order valence-corrected chi connectivity index (χ2v) is 6.63. The zero-order chi connectivity index (χ0) is 13.9. The molecule has 2 saturated carbocycles. The van der Waals surface area contributed by atoms with Gasteiger partial charge in [-0.3, -0.25) is 4.79 Å². The Morgan fingerprint density at radius 2 is 2.11 bits per heavy atom. The van der Waals surface area contributed by atoms with Crippen LogP contribution in [0.15, 0.2) is 0 Å². The van der Waals surface area contributed by atoms with Crippen molar-refractivity contribution >= 4 is 5.91 Å². The van der Waals surface area contributed by atoms with Crippen LogP contribution in [0.2, 0.25) is 0 Å². The van der Waals surface area contributed by atoms with Crippen molar-refractivity contribution < 1.29 is 9.53 Å². The summed E-state index contributed by atoms with van der Waals surface area (Å²) in [5.41, 5.74) is 4.92. The monoisotopic (exact) mass is 268 g/mol. The molecule has 0 aromatic rings. The Kier molecular flexibility index (Phi) is 4.85. The minimum atomic E-state index is -0.610. The molecule has 4 nitrogen and oxygen atoms in total. The lowest BCUT2D eigenvalue weighted by molar-refractivity contribution is -0.125. The van der Waals surface area contributed by atoms with Crippen molar-refractivity contribution in [2.24, 2.45) is 11.7 Å². The predicted octanol–water partition coefficient (Wildman–Crippen LogP) is 1.97. The molecule has 0 saturated heterocycles. The molecule has 4 heteroatoms. The van der Waals surface area contributed by atoms with E-state index in [0.717, 1.165) is 31.6 Å². The van der Waals surface area contributed by atoms with Crippen molar-refractivity contribution in [1.29, 1.82) is 0 Å². The van der Waals surface area contributed by atoms with E-state index >= 15 is 0 Å². The number of carbonyl (C=O) groups is 1. The SMILES string of the molecule is CC1CCCC(OCCC(C)(NC2CC2)C(N)=O)C1. The number of ether oxygens (including phenoxy) is 1. The lowest BCUT2D eigenvalue weighted by Gasteiger charge is -2.30. The van der Waals surface area contributed by atoms with E-state index in [1.165, 1.54) is 12.8 Å². The normalized spacial score (nSPS) is 30.8. The molecule has 0 aromatic carbocycles. The van der Waals surface area contributed by atoms with Crippen LogP contribution >= 0.6 is 0 Å². The molecule has 3 atom stereocenters. The summed E-state index contributed by atoms with van der Waals surface area (Å²) in [4.78, 5) is 11.6. The summed E-state index contributed by atoms with van der Waals surface area (Å²) in [5.74, 6) is 0.505. The van der Waals surface area contributed by atoms with Crippen LogP contribution in [-0.4, -0.2) is 30.2 Å². The molecule has 1 amide bonds. The Bertz CT molecular complexity index is 317. The second kappa shape index (κ2) is 6.23. The van der Waals surface area contributed by atoms with Gasteiger partial charge in [-0.25, -0.2) is 0 Å². The lowest BCUT2D eigenvalue weighted by Crippen LogP contribution is -2.54. The maximum atomic E-state index is 11.6. The topological polar surface area (TPSA) is 64.3 Å². The fourth-order valence-electron chi connectivity index (χ4n) is 2.90. The van der Waals surface area contributed by atoms with Crippen LogP contribution in [0.25, 0.3) is 0 Å². The summed E-state index contributed by atoms with van der Waals surface area (Å²) in [6.07, 6.45) is 8.26. The van der Waals surface area contributed by atoms with E-state index in [9.17, 15) is 4.79 Å². The Morgan fingerprint density at radius 1 is 1.37 bits per heavy atom. The number of hydrogen-bond acceptors (Lipinski definition) is 3. The average molecular weight is 268 g/mol. The zero-order valence-electron chi connectivity index (χ0n) is 12.3. The molecule has 2 aliphatic carbocycles. The fourth-order valence-corrected chi connectivity index (χ4v) is 2.90. The van der Waals surface area contributed by atoms with E-state index in [-0.39, 0.29) is 5.91 Å². The lowest BCUT2D eigenvalue weighted by atomic mass is 9.88. The second-order valence-electron chi connectivity index (χ2n) is 6.63. The summed E-state index contributed by atoms with van der Waals surface area (Å²) >= 11 is 0. The summed E-state index contributed by atoms with van der Waals surface area (Å²) < 4.78 is 5.95. The molecule has 3 N–H and O–H groups in total. The Labute approximate surface area is 116 Å². The summed E-state index contributed by atoms with van der Waals surface area (Å²) in [6.45, 7) is 4.81. The van der Waals surface area contributed by atoms with Crippen molar-refractivity contribution in [2.75, 3.05) is 6.61 Å². The average Bonchev–Trinajstić information content (AvgIpc) is 3.12. The van der Waals surface area contributed by atoms with E-state index in [0.29, 0.717) is 25.2 Å². The maximum absolute atomic E-state index is 11.6. The smallest absolute Gasteiger partial charge is 0.237 e. The minimum Gasteiger partial charge on any atom is -0.378 e. The number of rotatable bonds is 7. The molecule has 0 aliphatic heterocycles. The van der Waals surface area contributed by atoms with Crippen LogP contribution in [-0.2, 0) is 9.53 Å². The van der Waals surface area contributed by atoms with E-state index in [1.54, 1.807) is 0 Å². The first kappa shape index (κ1) is 14.8. The van der Waals surface area contributed by atoms with Crippen LogP contribution in [0.1, 0.15) is 58.8 Å². The first-order valence-corrected chi connectivity index (χ1v) is 7.69. The molecule has 0 aromatic heterocycles. The highest BCUT2D eigenvalue weighted by Crippen LogP contribution is 2.27. The summed E-state index contributed by atoms with van der Waals surface area (Å²) in [7, 11) is 0. The fraction of sp³-hybridized carbons (Fsp3) is 0.933. The van der Waals surface area contributed by atoms with Gasteiger partial charge in [-0.2, -0.15) is 0 Å². The largest absolute Gasteiger partial charge is 0.378 e. The van der Waals surface area contributed by atoms with Gasteiger partial charge >= 0.3 is 0 Å². The van der Waals surface area contributed by atoms with Gasteiger partial charge in [0.25, 0.3) is 0 Å². The van der Waals surface area contributed by atoms with E-state index < -0.39 is 5.54 Å². The van der Waals surface area contributed by atoms with E-state index in [1.807, 2.05) is 6.92 Å². The maximum Gasteiger partial charge on any atom is 0.237 e. The molecule has 0 heterocycles. The van der Waals surface area contributed by atoms with Gasteiger partial charge in [-0.05, 0) is 44.9 Å². The third-order valence-corrected chi connectivity index (χ3v) is 4.49. The molecule has 0 spiro atoms. The predicted molar refractivity (Wildman–Crippen MR) is 75.7 cm³/mol. The van der Waals surface area contributed by atoms with Gasteiger partial charge in [-0.1, -0.05) is 19.8 Å². The van der Waals surface area contributed by atoms with Crippen LogP contribution in [0.5, 0.6) is 0 Å². The van der Waals surface area contributed by atoms with Gasteiger partial charge in [0.1, 0.15) is 0 Å². The van der Waals surface area contributed by atoms with Gasteiger partial charge in [-0.15, -0.1) is 0 Å². The van der Waals surface area contributed by atoms with Crippen LogP contribution in [0.3, 0.4) is 0 Å². The zero-order valence-corrected chi connectivity index (χ0v) is 12.3. The number of primary amides is 1. The quantitative estimate of drug-likeness (QED) is 0.742. The number of nitrogens with two attached hydrogens (primary N) is 1. The third-order valence-electron chi connectivity index (χ3n) is 4.49. The highest BCUT2D eigenvalue weighted by Gasteiger charge is 2.36. The first-order valence-electron chi connectivity index (χ1n) is 7.69. The van der Waals surface area contributed by atoms with Gasteiger partial charge in [0.05, 0.1) is 11.6 Å². The van der Waals surface area contributed by atoms with Crippen LogP contribution in [0.4, 0.5) is 0 Å². The highest BCUT2D eigenvalue weighted by molar-refractivity contribution is 5.84. The Hall–Kier alpha value is -0.610. The number of carbonyl (C=O) groups excluding carboxylic acids is 1. The van der Waals surface area contributed by atoms with Crippen LogP contribution < -0.4 is 11.1 Å². The number of amides is 1. The molecule has 3 unspecified atom stereocenters. The molecule has 0 radical (unpaired) electrons. The Morgan fingerprint density at radius 3 is 2.68 bits per heavy atom. The van der Waals surface area contributed by atoms with Crippen LogP contribution in [0, 0.1) is 5.92 Å². The van der Waals surface area contributed by atoms with Crippen molar-refractivity contribution in [3.63, 3.8) is 0 Å². The molecule has 2 fully saturated rings. The molecule has 2 aliphatic rings. The molecule has 0 bridgehead atoms. The highest BCUT2D eigenvalue weighted by atomic mass is 16.5. The standard InChI is InChI=1S/C15H28N2O2/c1-11-4-3-5-13(10-11)19-9-8-15(2,14(16)18)17-12-6-7-12/h11-13,17H,3-10H2,1-2H3,(H2,16,18). The number of hydrogen-bond donors (Lipinski definition) is 2. The van der Waals surface area contributed by atoms with Crippen molar-refractivity contribution in [3.8, 4) is 0 Å². The van der Waals surface area contributed by atoms with Crippen molar-refractivity contribution in [3.05, 3.63) is 0 Å². The first-order chi connectivity index (χ1) is 8.99. The van der Waals surface area contributed by atoms with Crippen molar-refractivity contribution in [2.45, 2.75) is 76.5 Å². The Balaban J connectivity index is 1.73.